The van der Waals surface area contributed by atoms with Gasteiger partial charge in [0.05, 0.1) is 24.7 Å². The molecule has 0 fully saturated rings. The number of non-ortho nitro benzene ring substituents is 1. The molecule has 1 aromatic rings. The molecule has 30 heavy (non-hydrogen) atoms. The van der Waals surface area contributed by atoms with Crippen LogP contribution >= 0.6 is 0 Å². The molecular formula is C20H25NO9. The van der Waals surface area contributed by atoms with Crippen molar-refractivity contribution in [2.45, 2.75) is 33.6 Å². The number of carbonyl (C=O) groups is 4. The summed E-state index contributed by atoms with van der Waals surface area (Å²) in [4.78, 5) is 60.7. The van der Waals surface area contributed by atoms with Crippen LogP contribution in [0.15, 0.2) is 24.3 Å². The zero-order chi connectivity index (χ0) is 22.8. The summed E-state index contributed by atoms with van der Waals surface area (Å²) >= 11 is 0. The van der Waals surface area contributed by atoms with E-state index in [0.717, 1.165) is 19.1 Å². The number of hydrogen-bond acceptors (Lipinski definition) is 9. The highest BCUT2D eigenvalue weighted by Crippen LogP contribution is 2.36. The first kappa shape index (κ1) is 24.7. The Morgan fingerprint density at radius 2 is 1.23 bits per heavy atom. The van der Waals surface area contributed by atoms with Gasteiger partial charge in [-0.25, -0.2) is 0 Å². The molecule has 0 N–H and O–H groups in total. The summed E-state index contributed by atoms with van der Waals surface area (Å²) < 4.78 is 15.0. The van der Waals surface area contributed by atoms with E-state index in [9.17, 15) is 29.3 Å². The van der Waals surface area contributed by atoms with Crippen LogP contribution in [0.1, 0.15) is 39.2 Å². The number of Topliss-reactive ketones (excluding diaryl/α,β-unsaturated/α-hetero) is 1. The van der Waals surface area contributed by atoms with E-state index in [4.69, 9.17) is 14.2 Å². The number of rotatable bonds is 11. The molecule has 0 saturated carbocycles. The van der Waals surface area contributed by atoms with Crippen molar-refractivity contribution >= 4 is 29.4 Å². The van der Waals surface area contributed by atoms with E-state index in [2.05, 4.69) is 0 Å². The number of nitro benzene ring substituents is 1. The number of benzene rings is 1. The zero-order valence-corrected chi connectivity index (χ0v) is 17.3. The van der Waals surface area contributed by atoms with Crippen molar-refractivity contribution in [1.29, 1.82) is 0 Å². The normalized spacial score (nSPS) is 12.6. The average molecular weight is 423 g/mol. The summed E-state index contributed by atoms with van der Waals surface area (Å²) in [6.07, 6.45) is 0. The van der Waals surface area contributed by atoms with Crippen molar-refractivity contribution < 1.29 is 38.3 Å². The van der Waals surface area contributed by atoms with E-state index in [1.54, 1.807) is 6.92 Å². The fraction of sp³-hybridized carbons (Fsp3) is 0.500. The van der Waals surface area contributed by atoms with Gasteiger partial charge in [-0.2, -0.15) is 0 Å². The van der Waals surface area contributed by atoms with Gasteiger partial charge in [-0.05, 0) is 33.3 Å². The summed E-state index contributed by atoms with van der Waals surface area (Å²) in [7, 11) is 0. The van der Waals surface area contributed by atoms with Gasteiger partial charge in [0.25, 0.3) is 5.69 Å². The predicted octanol–water partition coefficient (Wildman–Crippen LogP) is 2.19. The first-order valence-electron chi connectivity index (χ1n) is 9.44. The van der Waals surface area contributed by atoms with Crippen molar-refractivity contribution in [2.75, 3.05) is 19.8 Å². The lowest BCUT2D eigenvalue weighted by Gasteiger charge is -2.29. The second-order valence-corrected chi connectivity index (χ2v) is 6.20. The molecule has 0 aliphatic rings. The molecule has 0 aromatic heterocycles. The van der Waals surface area contributed by atoms with Crippen LogP contribution in [0, 0.1) is 22.0 Å². The van der Waals surface area contributed by atoms with Gasteiger partial charge in [0.2, 0.25) is 0 Å². The number of nitro groups is 1. The van der Waals surface area contributed by atoms with E-state index in [1.807, 2.05) is 0 Å². The van der Waals surface area contributed by atoms with E-state index in [0.29, 0.717) is 0 Å². The fourth-order valence-electron chi connectivity index (χ4n) is 3.05. The SMILES string of the molecule is CCOC(=O)C(C(C)=O)C(c1ccc([N+](=O)[O-])cc1)C(C(=O)OCC)C(=O)OCC. The zero-order valence-electron chi connectivity index (χ0n) is 17.3. The van der Waals surface area contributed by atoms with Crippen LogP contribution in [0.5, 0.6) is 0 Å². The molecule has 0 bridgehead atoms. The fourth-order valence-corrected chi connectivity index (χ4v) is 3.05. The summed E-state index contributed by atoms with van der Waals surface area (Å²) in [6, 6.07) is 4.86. The van der Waals surface area contributed by atoms with Crippen LogP contribution in [0.2, 0.25) is 0 Å². The maximum Gasteiger partial charge on any atom is 0.320 e. The van der Waals surface area contributed by atoms with Gasteiger partial charge in [0.15, 0.2) is 5.92 Å². The Balaban J connectivity index is 3.67. The highest BCUT2D eigenvalue weighted by Gasteiger charge is 2.47. The molecule has 0 aliphatic carbocycles. The average Bonchev–Trinajstić information content (AvgIpc) is 2.68. The van der Waals surface area contributed by atoms with Crippen molar-refractivity contribution in [3.8, 4) is 0 Å². The van der Waals surface area contributed by atoms with Crippen LogP contribution in [0.3, 0.4) is 0 Å². The summed E-state index contributed by atoms with van der Waals surface area (Å²) in [5, 5.41) is 11.0. The number of carbonyl (C=O) groups excluding carboxylic acids is 4. The molecule has 0 aliphatic heterocycles. The van der Waals surface area contributed by atoms with E-state index >= 15 is 0 Å². The maximum atomic E-state index is 12.7. The quantitative estimate of drug-likeness (QED) is 0.172. The minimum atomic E-state index is -1.65. The van der Waals surface area contributed by atoms with Crippen LogP contribution in [0.4, 0.5) is 5.69 Å². The lowest BCUT2D eigenvalue weighted by atomic mass is 9.75. The molecular weight excluding hydrogens is 398 g/mol. The maximum absolute atomic E-state index is 12.7. The van der Waals surface area contributed by atoms with E-state index < -0.39 is 46.4 Å². The minimum Gasteiger partial charge on any atom is -0.465 e. The Hall–Kier alpha value is -3.30. The van der Waals surface area contributed by atoms with Crippen molar-refractivity contribution in [2.24, 2.45) is 11.8 Å². The smallest absolute Gasteiger partial charge is 0.320 e. The van der Waals surface area contributed by atoms with Gasteiger partial charge in [-0.1, -0.05) is 12.1 Å². The summed E-state index contributed by atoms with van der Waals surface area (Å²) in [5.74, 6) is -8.03. The minimum absolute atomic E-state index is 0.0287. The Morgan fingerprint density at radius 3 is 1.57 bits per heavy atom. The summed E-state index contributed by atoms with van der Waals surface area (Å²) in [5.41, 5.74) is -0.0585. The third-order valence-electron chi connectivity index (χ3n) is 4.27. The molecule has 0 radical (unpaired) electrons. The number of esters is 3. The number of ketones is 1. The van der Waals surface area contributed by atoms with Crippen molar-refractivity contribution in [3.05, 3.63) is 39.9 Å². The van der Waals surface area contributed by atoms with Gasteiger partial charge in [0.1, 0.15) is 11.7 Å². The Labute approximate surface area is 173 Å². The molecule has 0 spiro atoms. The van der Waals surface area contributed by atoms with Crippen LogP contribution in [-0.2, 0) is 33.4 Å². The lowest BCUT2D eigenvalue weighted by molar-refractivity contribution is -0.384. The third kappa shape index (κ3) is 6.10. The number of hydrogen-bond donors (Lipinski definition) is 0. The molecule has 0 heterocycles. The van der Waals surface area contributed by atoms with Gasteiger partial charge in [-0.15, -0.1) is 0 Å². The molecule has 1 aromatic carbocycles. The largest absolute Gasteiger partial charge is 0.465 e. The number of nitrogens with zero attached hydrogens (tertiary/aromatic N) is 1. The summed E-state index contributed by atoms with van der Waals surface area (Å²) in [6.45, 7) is 5.62. The first-order valence-corrected chi connectivity index (χ1v) is 9.44. The molecule has 2 unspecified atom stereocenters. The lowest BCUT2D eigenvalue weighted by Crippen LogP contribution is -2.42. The highest BCUT2D eigenvalue weighted by atomic mass is 16.6. The molecule has 2 atom stereocenters. The topological polar surface area (TPSA) is 139 Å². The molecule has 0 amide bonds. The van der Waals surface area contributed by atoms with Crippen molar-refractivity contribution in [1.82, 2.24) is 0 Å². The van der Waals surface area contributed by atoms with E-state index in [1.165, 1.54) is 26.0 Å². The Morgan fingerprint density at radius 1 is 0.833 bits per heavy atom. The molecule has 10 nitrogen and oxygen atoms in total. The monoisotopic (exact) mass is 423 g/mol. The molecule has 0 saturated heterocycles. The van der Waals surface area contributed by atoms with Crippen LogP contribution in [-0.4, -0.2) is 48.4 Å². The van der Waals surface area contributed by atoms with Crippen LogP contribution in [0.25, 0.3) is 0 Å². The Kier molecular flexibility index (Phi) is 9.60. The van der Waals surface area contributed by atoms with Crippen LogP contribution < -0.4 is 0 Å². The second-order valence-electron chi connectivity index (χ2n) is 6.20. The second kappa shape index (κ2) is 11.6. The third-order valence-corrected chi connectivity index (χ3v) is 4.27. The van der Waals surface area contributed by atoms with E-state index in [-0.39, 0.29) is 31.1 Å². The standard InChI is InChI=1S/C20H25NO9/c1-5-28-18(23)15(12(4)22)16(13-8-10-14(11-9-13)21(26)27)17(19(24)29-6-2)20(25)30-7-3/h8-11,15-17H,5-7H2,1-4H3. The van der Waals surface area contributed by atoms with Crippen molar-refractivity contribution in [3.63, 3.8) is 0 Å². The molecule has 164 valence electrons. The first-order chi connectivity index (χ1) is 14.2. The number of ether oxygens (including phenoxy) is 3. The van der Waals surface area contributed by atoms with Gasteiger partial charge >= 0.3 is 17.9 Å². The highest BCUT2D eigenvalue weighted by molar-refractivity contribution is 6.03. The van der Waals surface area contributed by atoms with Gasteiger partial charge in [-0.3, -0.25) is 29.3 Å². The molecule has 10 heteroatoms. The predicted molar refractivity (Wildman–Crippen MR) is 103 cm³/mol. The Bertz CT molecular complexity index is 770. The van der Waals surface area contributed by atoms with Gasteiger partial charge in [0, 0.05) is 18.1 Å². The molecule has 1 rings (SSSR count). The van der Waals surface area contributed by atoms with Gasteiger partial charge < -0.3 is 14.2 Å².